The molecule has 0 atom stereocenters. The highest BCUT2D eigenvalue weighted by Crippen LogP contribution is 2.32. The lowest BCUT2D eigenvalue weighted by Crippen LogP contribution is -1.93. The molecule has 0 saturated carbocycles. The minimum atomic E-state index is -0.103. The molecule has 7 heteroatoms. The van der Waals surface area contributed by atoms with Gasteiger partial charge in [0.15, 0.2) is 0 Å². The summed E-state index contributed by atoms with van der Waals surface area (Å²) in [5, 5.41) is 7.49. The van der Waals surface area contributed by atoms with Gasteiger partial charge in [-0.05, 0) is 19.4 Å². The Kier molecular flexibility index (Phi) is 3.62. The number of thioether (sulfide) groups is 1. The van der Waals surface area contributed by atoms with Gasteiger partial charge in [-0.15, -0.1) is 11.3 Å². The summed E-state index contributed by atoms with van der Waals surface area (Å²) in [4.78, 5) is 22.5. The van der Waals surface area contributed by atoms with Crippen molar-refractivity contribution in [1.29, 1.82) is 0 Å². The predicted octanol–water partition coefficient (Wildman–Crippen LogP) is 2.87. The van der Waals surface area contributed by atoms with Gasteiger partial charge in [0.1, 0.15) is 15.7 Å². The molecule has 3 rings (SSSR count). The minimum Gasteiger partial charge on any atom is -0.301 e. The van der Waals surface area contributed by atoms with Gasteiger partial charge in [0.25, 0.3) is 5.56 Å². The Bertz CT molecular complexity index is 802. The quantitative estimate of drug-likeness (QED) is 0.574. The average Bonchev–Trinajstić information content (AvgIpc) is 3.01. The second-order valence-electron chi connectivity index (χ2n) is 4.43. The van der Waals surface area contributed by atoms with E-state index in [1.807, 2.05) is 6.92 Å². The molecular weight excluding hydrogens is 292 g/mol. The van der Waals surface area contributed by atoms with Crippen LogP contribution in [0.2, 0.25) is 0 Å². The van der Waals surface area contributed by atoms with Crippen molar-refractivity contribution >= 4 is 33.3 Å². The highest BCUT2D eigenvalue weighted by Gasteiger charge is 2.11. The largest absolute Gasteiger partial charge is 0.301 e. The molecule has 0 fully saturated rings. The number of aryl methyl sites for hydroxylation is 2. The number of fused-ring (bicyclic) bond motifs is 1. The van der Waals surface area contributed by atoms with Crippen molar-refractivity contribution < 1.29 is 0 Å². The Balaban J connectivity index is 1.93. The first-order chi connectivity index (χ1) is 9.65. The van der Waals surface area contributed by atoms with Crippen molar-refractivity contribution in [1.82, 2.24) is 20.2 Å². The highest BCUT2D eigenvalue weighted by molar-refractivity contribution is 7.98. The van der Waals surface area contributed by atoms with Gasteiger partial charge in [-0.25, -0.2) is 9.97 Å². The zero-order valence-electron chi connectivity index (χ0n) is 11.2. The van der Waals surface area contributed by atoms with Crippen molar-refractivity contribution in [3.8, 4) is 0 Å². The van der Waals surface area contributed by atoms with E-state index in [1.165, 1.54) is 4.88 Å². The van der Waals surface area contributed by atoms with Crippen LogP contribution in [-0.2, 0) is 12.2 Å². The maximum Gasteiger partial charge on any atom is 0.264 e. The van der Waals surface area contributed by atoms with Gasteiger partial charge < -0.3 is 5.10 Å². The molecule has 0 aliphatic carbocycles. The fourth-order valence-corrected chi connectivity index (χ4v) is 3.96. The second-order valence-corrected chi connectivity index (χ2v) is 6.51. The number of hydrogen-bond acceptors (Lipinski definition) is 5. The molecule has 0 unspecified atom stereocenters. The van der Waals surface area contributed by atoms with Gasteiger partial charge in [-0.1, -0.05) is 18.7 Å². The molecule has 3 aromatic rings. The van der Waals surface area contributed by atoms with Crippen molar-refractivity contribution in [2.24, 2.45) is 0 Å². The van der Waals surface area contributed by atoms with Gasteiger partial charge in [-0.2, -0.15) is 0 Å². The smallest absolute Gasteiger partial charge is 0.264 e. The molecule has 0 aliphatic heterocycles. The molecule has 0 radical (unpaired) electrons. The number of aromatic amines is 2. The van der Waals surface area contributed by atoms with Gasteiger partial charge in [-0.3, -0.25) is 9.89 Å². The van der Waals surface area contributed by atoms with Gasteiger partial charge >= 0.3 is 0 Å². The Morgan fingerprint density at radius 2 is 2.15 bits per heavy atom. The first-order valence-electron chi connectivity index (χ1n) is 6.32. The van der Waals surface area contributed by atoms with Crippen molar-refractivity contribution in [2.45, 2.75) is 31.0 Å². The van der Waals surface area contributed by atoms with Crippen LogP contribution >= 0.6 is 23.1 Å². The summed E-state index contributed by atoms with van der Waals surface area (Å²) in [5.74, 6) is 1.47. The molecule has 3 heterocycles. The fraction of sp³-hybridized carbons (Fsp3) is 0.308. The number of H-pyrrole nitrogens is 2. The predicted molar refractivity (Wildman–Crippen MR) is 82.5 cm³/mol. The van der Waals surface area contributed by atoms with E-state index in [0.717, 1.165) is 33.2 Å². The summed E-state index contributed by atoms with van der Waals surface area (Å²) in [6, 6.07) is 3.74. The fourth-order valence-electron chi connectivity index (χ4n) is 1.93. The molecule has 0 saturated heterocycles. The molecule has 0 aromatic carbocycles. The maximum absolute atomic E-state index is 11.1. The van der Waals surface area contributed by atoms with E-state index in [0.29, 0.717) is 5.75 Å². The van der Waals surface area contributed by atoms with Gasteiger partial charge in [0, 0.05) is 27.8 Å². The maximum atomic E-state index is 11.1. The summed E-state index contributed by atoms with van der Waals surface area (Å²) in [5.41, 5.74) is 0.767. The number of nitrogens with zero attached hydrogens (tertiary/aromatic N) is 2. The Morgan fingerprint density at radius 1 is 1.30 bits per heavy atom. The number of nitrogens with one attached hydrogen (secondary N) is 2. The SMILES string of the molecule is CCc1cc2c(SCc3cc(=O)[nH][nH]3)nc(C)nc2s1. The zero-order valence-corrected chi connectivity index (χ0v) is 12.8. The molecule has 3 aromatic heterocycles. The molecule has 0 spiro atoms. The summed E-state index contributed by atoms with van der Waals surface area (Å²) in [6.07, 6.45) is 1.01. The van der Waals surface area contributed by atoms with Crippen LogP contribution < -0.4 is 5.56 Å². The summed E-state index contributed by atoms with van der Waals surface area (Å²) < 4.78 is 0. The molecule has 20 heavy (non-hydrogen) atoms. The Hall–Kier alpha value is -1.60. The lowest BCUT2D eigenvalue weighted by atomic mass is 10.3. The normalized spacial score (nSPS) is 11.3. The summed E-state index contributed by atoms with van der Waals surface area (Å²) >= 11 is 3.34. The lowest BCUT2D eigenvalue weighted by Gasteiger charge is -2.02. The van der Waals surface area contributed by atoms with E-state index in [4.69, 9.17) is 0 Å². The molecule has 0 aliphatic rings. The van der Waals surface area contributed by atoms with E-state index < -0.39 is 0 Å². The van der Waals surface area contributed by atoms with E-state index in [-0.39, 0.29) is 5.56 Å². The third-order valence-corrected chi connectivity index (χ3v) is 5.10. The first-order valence-corrected chi connectivity index (χ1v) is 8.12. The molecule has 5 nitrogen and oxygen atoms in total. The molecule has 104 valence electrons. The van der Waals surface area contributed by atoms with Crippen LogP contribution in [0.5, 0.6) is 0 Å². The average molecular weight is 306 g/mol. The van der Waals surface area contributed by atoms with Crippen LogP contribution in [0.4, 0.5) is 0 Å². The van der Waals surface area contributed by atoms with E-state index in [1.54, 1.807) is 29.2 Å². The third kappa shape index (κ3) is 2.64. The zero-order chi connectivity index (χ0) is 14.1. The number of hydrogen-bond donors (Lipinski definition) is 2. The molecule has 2 N–H and O–H groups in total. The Morgan fingerprint density at radius 3 is 2.85 bits per heavy atom. The molecule has 0 bridgehead atoms. The van der Waals surface area contributed by atoms with E-state index in [9.17, 15) is 4.79 Å². The number of aromatic nitrogens is 4. The standard InChI is InChI=1S/C13H14N4OS2/c1-3-9-5-10-12(14-7(2)15-13(10)20-9)19-6-8-4-11(18)17-16-8/h4-5H,3,6H2,1-2H3,(H2,16,17,18). The van der Waals surface area contributed by atoms with Crippen molar-refractivity contribution in [3.63, 3.8) is 0 Å². The lowest BCUT2D eigenvalue weighted by molar-refractivity contribution is 1.00. The minimum absolute atomic E-state index is 0.103. The summed E-state index contributed by atoms with van der Waals surface area (Å²) in [7, 11) is 0. The van der Waals surface area contributed by atoms with Gasteiger partial charge in [0.2, 0.25) is 0 Å². The second kappa shape index (κ2) is 5.41. The Labute approximate surface area is 123 Å². The molecular formula is C13H14N4OS2. The van der Waals surface area contributed by atoms with Crippen molar-refractivity contribution in [3.05, 3.63) is 38.9 Å². The number of rotatable bonds is 4. The van der Waals surface area contributed by atoms with E-state index >= 15 is 0 Å². The van der Waals surface area contributed by atoms with Crippen LogP contribution in [0.3, 0.4) is 0 Å². The van der Waals surface area contributed by atoms with Crippen LogP contribution in [0.25, 0.3) is 10.2 Å². The first kappa shape index (κ1) is 13.4. The third-order valence-electron chi connectivity index (χ3n) is 2.89. The molecule has 0 amide bonds. The topological polar surface area (TPSA) is 74.4 Å². The van der Waals surface area contributed by atoms with Gasteiger partial charge in [0.05, 0.1) is 0 Å². The highest BCUT2D eigenvalue weighted by atomic mass is 32.2. The summed E-state index contributed by atoms with van der Waals surface area (Å²) in [6.45, 7) is 4.05. The monoisotopic (exact) mass is 306 g/mol. The van der Waals surface area contributed by atoms with Crippen LogP contribution in [0.1, 0.15) is 23.3 Å². The van der Waals surface area contributed by atoms with Crippen LogP contribution in [-0.4, -0.2) is 20.2 Å². The van der Waals surface area contributed by atoms with Crippen molar-refractivity contribution in [2.75, 3.05) is 0 Å². The van der Waals surface area contributed by atoms with E-state index in [2.05, 4.69) is 33.2 Å². The van der Waals surface area contributed by atoms with Crippen LogP contribution in [0, 0.1) is 6.92 Å². The number of thiophene rings is 1. The van der Waals surface area contributed by atoms with Crippen LogP contribution in [0.15, 0.2) is 22.0 Å².